The van der Waals surface area contributed by atoms with E-state index in [1.165, 1.54) is 0 Å². The maximum atomic E-state index is 11.6. The summed E-state index contributed by atoms with van der Waals surface area (Å²) in [6.07, 6.45) is 0. The van der Waals surface area contributed by atoms with Gasteiger partial charge in [0.05, 0.1) is 13.2 Å². The van der Waals surface area contributed by atoms with E-state index in [1.54, 1.807) is 7.11 Å². The topological polar surface area (TPSA) is 53.6 Å². The van der Waals surface area contributed by atoms with Crippen LogP contribution in [0, 0.1) is 0 Å². The molecule has 0 heterocycles. The second kappa shape index (κ2) is 10.3. The number of carbonyl (C=O) groups is 1. The van der Waals surface area contributed by atoms with Crippen molar-refractivity contribution in [3.8, 4) is 0 Å². The van der Waals surface area contributed by atoms with Crippen LogP contribution >= 0.6 is 0 Å². The van der Waals surface area contributed by atoms with E-state index in [0.29, 0.717) is 19.2 Å². The first-order chi connectivity index (χ1) is 8.53. The molecule has 18 heavy (non-hydrogen) atoms. The van der Waals surface area contributed by atoms with Crippen LogP contribution < -0.4 is 10.6 Å². The van der Waals surface area contributed by atoms with Crippen LogP contribution in [0.2, 0.25) is 0 Å². The summed E-state index contributed by atoms with van der Waals surface area (Å²) in [6, 6.07) is 0.371. The van der Waals surface area contributed by atoms with Crippen LogP contribution in [-0.2, 0) is 9.53 Å². The Balaban J connectivity index is 3.77. The fraction of sp³-hybridized carbons (Fsp3) is 0.923. The van der Waals surface area contributed by atoms with Crippen LogP contribution in [0.5, 0.6) is 0 Å². The Morgan fingerprint density at radius 2 is 1.83 bits per heavy atom. The largest absolute Gasteiger partial charge is 0.383 e. The molecule has 2 N–H and O–H groups in total. The lowest BCUT2D eigenvalue weighted by Crippen LogP contribution is -2.46. The van der Waals surface area contributed by atoms with Gasteiger partial charge in [-0.3, -0.25) is 4.79 Å². The second-order valence-corrected chi connectivity index (χ2v) is 4.69. The first-order valence-electron chi connectivity index (χ1n) is 6.77. The van der Waals surface area contributed by atoms with Crippen LogP contribution in [0.4, 0.5) is 0 Å². The van der Waals surface area contributed by atoms with Gasteiger partial charge in [0.15, 0.2) is 0 Å². The third kappa shape index (κ3) is 8.44. The van der Waals surface area contributed by atoms with Crippen molar-refractivity contribution in [2.75, 3.05) is 39.9 Å². The summed E-state index contributed by atoms with van der Waals surface area (Å²) < 4.78 is 4.97. The summed E-state index contributed by atoms with van der Waals surface area (Å²) in [4.78, 5) is 14.0. The molecule has 0 aromatic heterocycles. The smallest absolute Gasteiger partial charge is 0.234 e. The fourth-order valence-corrected chi connectivity index (χ4v) is 1.82. The Morgan fingerprint density at radius 3 is 2.33 bits per heavy atom. The van der Waals surface area contributed by atoms with E-state index in [0.717, 1.165) is 19.6 Å². The quantitative estimate of drug-likeness (QED) is 0.598. The van der Waals surface area contributed by atoms with Crippen LogP contribution in [0.3, 0.4) is 0 Å². The molecule has 5 heteroatoms. The van der Waals surface area contributed by atoms with Crippen molar-refractivity contribution in [3.05, 3.63) is 0 Å². The van der Waals surface area contributed by atoms with Crippen molar-refractivity contribution in [1.29, 1.82) is 0 Å². The normalized spacial score (nSPS) is 14.6. The summed E-state index contributed by atoms with van der Waals surface area (Å²) in [6.45, 7) is 12.3. The summed E-state index contributed by atoms with van der Waals surface area (Å²) in [5, 5.41) is 6.11. The highest BCUT2D eigenvalue weighted by Gasteiger charge is 2.10. The summed E-state index contributed by atoms with van der Waals surface area (Å²) in [5.41, 5.74) is 0. The molecular formula is C13H29N3O2. The number of rotatable bonds is 10. The molecule has 0 rings (SSSR count). The predicted molar refractivity (Wildman–Crippen MR) is 74.7 cm³/mol. The lowest BCUT2D eigenvalue weighted by atomic mass is 10.3. The molecule has 2 atom stereocenters. The lowest BCUT2D eigenvalue weighted by molar-refractivity contribution is -0.121. The Labute approximate surface area is 111 Å². The number of nitrogens with one attached hydrogen (secondary N) is 2. The zero-order valence-corrected chi connectivity index (χ0v) is 12.5. The highest BCUT2D eigenvalue weighted by atomic mass is 16.5. The van der Waals surface area contributed by atoms with Crippen molar-refractivity contribution < 1.29 is 9.53 Å². The SMILES string of the molecule is CCN(CC)CC(C)NCC(=O)NC(C)COC. The van der Waals surface area contributed by atoms with Gasteiger partial charge in [0.2, 0.25) is 5.91 Å². The van der Waals surface area contributed by atoms with E-state index >= 15 is 0 Å². The Bertz CT molecular complexity index is 220. The molecular weight excluding hydrogens is 230 g/mol. The van der Waals surface area contributed by atoms with E-state index in [2.05, 4.69) is 36.3 Å². The molecule has 0 aliphatic heterocycles. The highest BCUT2D eigenvalue weighted by Crippen LogP contribution is 1.91. The maximum Gasteiger partial charge on any atom is 0.234 e. The molecule has 0 aromatic rings. The number of nitrogens with zero attached hydrogens (tertiary/aromatic N) is 1. The van der Waals surface area contributed by atoms with Gasteiger partial charge >= 0.3 is 0 Å². The monoisotopic (exact) mass is 259 g/mol. The average molecular weight is 259 g/mol. The zero-order chi connectivity index (χ0) is 14.0. The minimum Gasteiger partial charge on any atom is -0.383 e. The molecule has 0 radical (unpaired) electrons. The first-order valence-corrected chi connectivity index (χ1v) is 6.77. The van der Waals surface area contributed by atoms with Gasteiger partial charge in [-0.1, -0.05) is 13.8 Å². The van der Waals surface area contributed by atoms with Crippen molar-refractivity contribution >= 4 is 5.91 Å². The van der Waals surface area contributed by atoms with Crippen LogP contribution in [0.25, 0.3) is 0 Å². The van der Waals surface area contributed by atoms with Gasteiger partial charge in [-0.2, -0.15) is 0 Å². The minimum atomic E-state index is 0.0194. The predicted octanol–water partition coefficient (Wildman–Crippen LogP) is 0.457. The van der Waals surface area contributed by atoms with Crippen LogP contribution in [0.1, 0.15) is 27.7 Å². The second-order valence-electron chi connectivity index (χ2n) is 4.69. The number of likely N-dealkylation sites (N-methyl/N-ethyl adjacent to an activating group) is 1. The van der Waals surface area contributed by atoms with Crippen molar-refractivity contribution in [3.63, 3.8) is 0 Å². The van der Waals surface area contributed by atoms with Gasteiger partial charge in [0.1, 0.15) is 0 Å². The van der Waals surface area contributed by atoms with Gasteiger partial charge in [-0.05, 0) is 26.9 Å². The van der Waals surface area contributed by atoms with Crippen molar-refractivity contribution in [1.82, 2.24) is 15.5 Å². The molecule has 0 spiro atoms. The summed E-state index contributed by atoms with van der Waals surface area (Å²) in [5.74, 6) is 0.0194. The van der Waals surface area contributed by atoms with E-state index < -0.39 is 0 Å². The molecule has 0 aliphatic carbocycles. The molecule has 0 aromatic carbocycles. The number of hydrogen-bond donors (Lipinski definition) is 2. The first kappa shape index (κ1) is 17.4. The molecule has 0 fully saturated rings. The molecule has 0 saturated carbocycles. The van der Waals surface area contributed by atoms with Crippen LogP contribution in [-0.4, -0.2) is 62.8 Å². The van der Waals surface area contributed by atoms with Gasteiger partial charge in [0, 0.05) is 25.7 Å². The summed E-state index contributed by atoms with van der Waals surface area (Å²) >= 11 is 0. The van der Waals surface area contributed by atoms with Crippen LogP contribution in [0.15, 0.2) is 0 Å². The number of carbonyl (C=O) groups excluding carboxylic acids is 1. The van der Waals surface area contributed by atoms with E-state index in [-0.39, 0.29) is 11.9 Å². The highest BCUT2D eigenvalue weighted by molar-refractivity contribution is 5.78. The van der Waals surface area contributed by atoms with Gasteiger partial charge in [-0.15, -0.1) is 0 Å². The van der Waals surface area contributed by atoms with Crippen molar-refractivity contribution in [2.24, 2.45) is 0 Å². The zero-order valence-electron chi connectivity index (χ0n) is 12.5. The third-order valence-electron chi connectivity index (χ3n) is 2.86. The number of ether oxygens (including phenoxy) is 1. The van der Waals surface area contributed by atoms with E-state index in [4.69, 9.17) is 4.74 Å². The lowest BCUT2D eigenvalue weighted by Gasteiger charge is -2.23. The summed E-state index contributed by atoms with van der Waals surface area (Å²) in [7, 11) is 1.63. The van der Waals surface area contributed by atoms with Gasteiger partial charge < -0.3 is 20.3 Å². The molecule has 0 bridgehead atoms. The Hall–Kier alpha value is -0.650. The fourth-order valence-electron chi connectivity index (χ4n) is 1.82. The molecule has 0 saturated heterocycles. The third-order valence-corrected chi connectivity index (χ3v) is 2.86. The van der Waals surface area contributed by atoms with Gasteiger partial charge in [0.25, 0.3) is 0 Å². The number of amides is 1. The average Bonchev–Trinajstić information content (AvgIpc) is 2.33. The molecule has 0 aliphatic rings. The minimum absolute atomic E-state index is 0.0194. The van der Waals surface area contributed by atoms with Gasteiger partial charge in [-0.25, -0.2) is 0 Å². The Kier molecular flexibility index (Phi) is 9.92. The van der Waals surface area contributed by atoms with E-state index in [1.807, 2.05) is 6.92 Å². The number of methoxy groups -OCH3 is 1. The van der Waals surface area contributed by atoms with Crippen molar-refractivity contribution in [2.45, 2.75) is 39.8 Å². The van der Waals surface area contributed by atoms with E-state index in [9.17, 15) is 4.79 Å². The maximum absolute atomic E-state index is 11.6. The molecule has 2 unspecified atom stereocenters. The Morgan fingerprint density at radius 1 is 1.22 bits per heavy atom. The molecule has 1 amide bonds. The molecule has 5 nitrogen and oxygen atoms in total. The number of hydrogen-bond acceptors (Lipinski definition) is 4. The standard InChI is InChI=1S/C13H29N3O2/c1-6-16(7-2)9-11(3)14-8-13(17)15-12(4)10-18-5/h11-12,14H,6-10H2,1-5H3,(H,15,17). The molecule has 108 valence electrons.